The van der Waals surface area contributed by atoms with Crippen molar-refractivity contribution in [3.8, 4) is 0 Å². The van der Waals surface area contributed by atoms with E-state index in [9.17, 15) is 4.79 Å². The third-order valence-corrected chi connectivity index (χ3v) is 4.23. The molecular formula is C19H21N3O2. The molecule has 2 aromatic rings. The zero-order valence-corrected chi connectivity index (χ0v) is 13.7. The van der Waals surface area contributed by atoms with Gasteiger partial charge >= 0.3 is 0 Å². The van der Waals surface area contributed by atoms with E-state index >= 15 is 0 Å². The average molecular weight is 323 g/mol. The van der Waals surface area contributed by atoms with Crippen molar-refractivity contribution < 1.29 is 9.53 Å². The van der Waals surface area contributed by atoms with Gasteiger partial charge in [0, 0.05) is 43.3 Å². The van der Waals surface area contributed by atoms with Gasteiger partial charge in [-0.05, 0) is 17.2 Å². The fourth-order valence-electron chi connectivity index (χ4n) is 3.01. The molecule has 0 saturated carbocycles. The molecule has 1 aromatic heterocycles. The minimum Gasteiger partial charge on any atom is -0.384 e. The predicted octanol–water partition coefficient (Wildman–Crippen LogP) is 2.23. The maximum Gasteiger partial charge on any atom is 0.139 e. The van der Waals surface area contributed by atoms with Crippen LogP contribution in [-0.4, -0.2) is 30.3 Å². The molecule has 0 unspecified atom stereocenters. The van der Waals surface area contributed by atoms with E-state index in [1.54, 1.807) is 13.3 Å². The van der Waals surface area contributed by atoms with E-state index in [1.165, 1.54) is 0 Å². The lowest BCUT2D eigenvalue weighted by Crippen LogP contribution is -2.15. The summed E-state index contributed by atoms with van der Waals surface area (Å²) in [7, 11) is 1.66. The molecule has 0 aliphatic carbocycles. The molecule has 5 heteroatoms. The van der Waals surface area contributed by atoms with Crippen LogP contribution in [0.25, 0.3) is 0 Å². The van der Waals surface area contributed by atoms with Crippen molar-refractivity contribution in [2.45, 2.75) is 25.3 Å². The Morgan fingerprint density at radius 1 is 1.33 bits per heavy atom. The fourth-order valence-corrected chi connectivity index (χ4v) is 3.01. The molecule has 0 spiro atoms. The number of hydrogen-bond acceptors (Lipinski definition) is 5. The van der Waals surface area contributed by atoms with Crippen LogP contribution in [0.3, 0.4) is 0 Å². The van der Waals surface area contributed by atoms with Crippen molar-refractivity contribution in [1.29, 1.82) is 0 Å². The predicted molar refractivity (Wildman–Crippen MR) is 93.1 cm³/mol. The van der Waals surface area contributed by atoms with Crippen molar-refractivity contribution in [3.63, 3.8) is 0 Å². The second kappa shape index (κ2) is 7.36. The molecule has 5 nitrogen and oxygen atoms in total. The van der Waals surface area contributed by atoms with Gasteiger partial charge in [0.25, 0.3) is 0 Å². The highest BCUT2D eigenvalue weighted by Crippen LogP contribution is 2.22. The summed E-state index contributed by atoms with van der Waals surface area (Å²) in [5, 5.41) is 0. The van der Waals surface area contributed by atoms with E-state index in [0.29, 0.717) is 31.8 Å². The first kappa shape index (κ1) is 16.3. The zero-order valence-electron chi connectivity index (χ0n) is 13.7. The second-order valence-corrected chi connectivity index (χ2v) is 6.02. The summed E-state index contributed by atoms with van der Waals surface area (Å²) in [6.07, 6.45) is 2.48. The van der Waals surface area contributed by atoms with Crippen molar-refractivity contribution >= 4 is 11.6 Å². The highest BCUT2D eigenvalue weighted by atomic mass is 16.5. The number of ether oxygens (including phenoxy) is 1. The van der Waals surface area contributed by atoms with Crippen molar-refractivity contribution in [2.75, 3.05) is 13.7 Å². The molecular weight excluding hydrogens is 302 g/mol. The minimum atomic E-state index is 0.0668. The summed E-state index contributed by atoms with van der Waals surface area (Å²) >= 11 is 0. The number of amidine groups is 1. The number of fused-ring (bicyclic) bond motifs is 1. The summed E-state index contributed by atoms with van der Waals surface area (Å²) < 4.78 is 5.28. The van der Waals surface area contributed by atoms with E-state index in [0.717, 1.165) is 22.4 Å². The number of aliphatic imine (C=N–C) groups is 1. The number of aromatic nitrogens is 1. The van der Waals surface area contributed by atoms with Gasteiger partial charge in [0.05, 0.1) is 13.2 Å². The first-order chi connectivity index (χ1) is 11.7. The molecule has 0 radical (unpaired) electrons. The number of benzene rings is 1. The van der Waals surface area contributed by atoms with Crippen LogP contribution in [0.4, 0.5) is 0 Å². The quantitative estimate of drug-likeness (QED) is 0.847. The van der Waals surface area contributed by atoms with Crippen LogP contribution >= 0.6 is 0 Å². The molecule has 24 heavy (non-hydrogen) atoms. The maximum atomic E-state index is 12.5. The van der Waals surface area contributed by atoms with Crippen LogP contribution in [0.5, 0.6) is 0 Å². The van der Waals surface area contributed by atoms with Crippen molar-refractivity contribution in [3.05, 3.63) is 65.0 Å². The number of rotatable bonds is 7. The van der Waals surface area contributed by atoms with Crippen LogP contribution in [0, 0.1) is 0 Å². The monoisotopic (exact) mass is 323 g/mol. The fraction of sp³-hybridized carbons (Fsp3) is 0.316. The average Bonchev–Trinajstić information content (AvgIpc) is 2.96. The topological polar surface area (TPSA) is 77.6 Å². The first-order valence-electron chi connectivity index (χ1n) is 8.01. The molecule has 124 valence electrons. The van der Waals surface area contributed by atoms with Gasteiger partial charge < -0.3 is 10.5 Å². The maximum absolute atomic E-state index is 12.5. The van der Waals surface area contributed by atoms with E-state index in [1.807, 2.05) is 36.4 Å². The third-order valence-electron chi connectivity index (χ3n) is 4.23. The van der Waals surface area contributed by atoms with Crippen molar-refractivity contribution in [1.82, 2.24) is 4.98 Å². The molecule has 1 aromatic carbocycles. The molecule has 2 heterocycles. The Hall–Kier alpha value is -2.53. The van der Waals surface area contributed by atoms with Gasteiger partial charge in [-0.25, -0.2) is 0 Å². The van der Waals surface area contributed by atoms with Crippen LogP contribution in [0.15, 0.2) is 47.6 Å². The Balaban J connectivity index is 1.66. The van der Waals surface area contributed by atoms with E-state index in [4.69, 9.17) is 10.5 Å². The number of pyridine rings is 1. The Labute approximate surface area is 141 Å². The number of ketones is 1. The highest BCUT2D eigenvalue weighted by molar-refractivity contribution is 6.00. The van der Waals surface area contributed by atoms with Gasteiger partial charge in [-0.15, -0.1) is 0 Å². The molecule has 1 aliphatic rings. The summed E-state index contributed by atoms with van der Waals surface area (Å²) in [6, 6.07) is 11.9. The van der Waals surface area contributed by atoms with E-state index in [2.05, 4.69) is 9.98 Å². The number of carbonyl (C=O) groups excluding carboxylic acids is 1. The number of hydrogen-bond donors (Lipinski definition) is 1. The van der Waals surface area contributed by atoms with Gasteiger partial charge in [0.1, 0.15) is 11.6 Å². The summed E-state index contributed by atoms with van der Waals surface area (Å²) in [4.78, 5) is 21.0. The van der Waals surface area contributed by atoms with Crippen LogP contribution in [0.1, 0.15) is 34.7 Å². The lowest BCUT2D eigenvalue weighted by atomic mass is 9.93. The summed E-state index contributed by atoms with van der Waals surface area (Å²) in [5.41, 5.74) is 9.61. The van der Waals surface area contributed by atoms with Gasteiger partial charge in [0.15, 0.2) is 0 Å². The van der Waals surface area contributed by atoms with E-state index in [-0.39, 0.29) is 11.7 Å². The van der Waals surface area contributed by atoms with Crippen LogP contribution in [0.2, 0.25) is 0 Å². The third kappa shape index (κ3) is 3.68. The van der Waals surface area contributed by atoms with Gasteiger partial charge in [0.2, 0.25) is 0 Å². The summed E-state index contributed by atoms with van der Waals surface area (Å²) in [6.45, 7) is 1.10. The highest BCUT2D eigenvalue weighted by Gasteiger charge is 2.18. The number of nitrogens with two attached hydrogens (primary N) is 1. The molecule has 0 amide bonds. The van der Waals surface area contributed by atoms with Gasteiger partial charge in [-0.3, -0.25) is 14.8 Å². The van der Waals surface area contributed by atoms with Gasteiger partial charge in [-0.2, -0.15) is 0 Å². The SMILES string of the molecule is COC[C@@H](CC(=O)Cc1cc2c(cn1)C(N)=NC2)c1ccccc1. The lowest BCUT2D eigenvalue weighted by Gasteiger charge is -2.15. The van der Waals surface area contributed by atoms with Gasteiger partial charge in [-0.1, -0.05) is 30.3 Å². The number of methoxy groups -OCH3 is 1. The van der Waals surface area contributed by atoms with Crippen LogP contribution < -0.4 is 5.73 Å². The lowest BCUT2D eigenvalue weighted by molar-refractivity contribution is -0.119. The first-order valence-corrected chi connectivity index (χ1v) is 8.01. The minimum absolute atomic E-state index is 0.0668. The molecule has 2 N–H and O–H groups in total. The Kier molecular flexibility index (Phi) is 5.01. The normalized spacial score (nSPS) is 14.1. The molecule has 0 saturated heterocycles. The number of carbonyl (C=O) groups is 1. The summed E-state index contributed by atoms with van der Waals surface area (Å²) in [5.74, 6) is 0.747. The molecule has 1 atom stereocenters. The Bertz CT molecular complexity index is 756. The standard InChI is InChI=1S/C19H21N3O2/c1-24-12-15(13-5-3-2-4-6-13)8-17(23)9-16-7-14-10-22-19(20)18(14)11-21-16/h2-7,11,15H,8-10,12H2,1H3,(H2,20,22)/t15-/m1/s1. The smallest absolute Gasteiger partial charge is 0.139 e. The molecule has 1 aliphatic heterocycles. The van der Waals surface area contributed by atoms with E-state index < -0.39 is 0 Å². The van der Waals surface area contributed by atoms with Crippen LogP contribution in [-0.2, 0) is 22.5 Å². The molecule has 0 fully saturated rings. The number of Topliss-reactive ketones (excluding diaryl/α,β-unsaturated/α-hetero) is 1. The van der Waals surface area contributed by atoms with Crippen molar-refractivity contribution in [2.24, 2.45) is 10.7 Å². The number of nitrogens with zero attached hydrogens (tertiary/aromatic N) is 2. The Morgan fingerprint density at radius 3 is 2.88 bits per heavy atom. The largest absolute Gasteiger partial charge is 0.384 e. The molecule has 3 rings (SSSR count). The zero-order chi connectivity index (χ0) is 16.9. The second-order valence-electron chi connectivity index (χ2n) is 6.02. The molecule has 0 bridgehead atoms. The Morgan fingerprint density at radius 2 is 2.12 bits per heavy atom.